The molecular weight excluding hydrogens is 573 g/mol. The molecule has 5 nitrogen and oxygen atoms in total. The van der Waals surface area contributed by atoms with Crippen LogP contribution in [0.25, 0.3) is 6.08 Å². The molecule has 0 atom stereocenters. The Balaban J connectivity index is 1.58. The van der Waals surface area contributed by atoms with Crippen LogP contribution in [-0.2, 0) is 16.1 Å². The van der Waals surface area contributed by atoms with Crippen molar-refractivity contribution < 1.29 is 19.4 Å². The van der Waals surface area contributed by atoms with Crippen LogP contribution in [0.15, 0.2) is 94.0 Å². The molecule has 3 aromatic carbocycles. The number of carbonyl (C=O) groups excluding carboxylic acids is 1. The van der Waals surface area contributed by atoms with E-state index in [4.69, 9.17) is 9.47 Å². The monoisotopic (exact) mass is 597 g/mol. The van der Waals surface area contributed by atoms with E-state index in [-0.39, 0.29) is 17.9 Å². The fourth-order valence-corrected chi connectivity index (χ4v) is 5.06. The van der Waals surface area contributed by atoms with Crippen molar-refractivity contribution in [2.45, 2.75) is 20.5 Å². The molecular formula is C28H24INO4S. The Labute approximate surface area is 222 Å². The Morgan fingerprint density at radius 2 is 1.83 bits per heavy atom. The number of para-hydroxylation sites is 1. The Morgan fingerprint density at radius 3 is 2.51 bits per heavy atom. The normalized spacial score (nSPS) is 15.6. The van der Waals surface area contributed by atoms with E-state index < -0.39 is 5.97 Å². The maximum absolute atomic E-state index is 12.6. The van der Waals surface area contributed by atoms with Gasteiger partial charge in [0, 0.05) is 0 Å². The van der Waals surface area contributed by atoms with Gasteiger partial charge in [0.05, 0.1) is 20.8 Å². The second-order valence-electron chi connectivity index (χ2n) is 7.77. The summed E-state index contributed by atoms with van der Waals surface area (Å²) in [6.07, 6.45) is 1.83. The highest BCUT2D eigenvalue weighted by Gasteiger charge is 2.33. The van der Waals surface area contributed by atoms with Gasteiger partial charge in [-0.1, -0.05) is 65.9 Å². The van der Waals surface area contributed by atoms with Gasteiger partial charge >= 0.3 is 5.97 Å². The summed E-state index contributed by atoms with van der Waals surface area (Å²) >= 11 is 3.48. The first kappa shape index (κ1) is 25.1. The molecule has 178 valence electrons. The topological polar surface area (TPSA) is 68.1 Å². The second kappa shape index (κ2) is 11.6. The van der Waals surface area contributed by atoms with Gasteiger partial charge in [-0.15, -0.1) is 0 Å². The second-order valence-corrected chi connectivity index (χ2v) is 9.96. The van der Waals surface area contributed by atoms with Crippen molar-refractivity contribution in [3.8, 4) is 5.75 Å². The molecule has 0 aliphatic carbocycles. The summed E-state index contributed by atoms with van der Waals surface area (Å²) in [5, 5.41) is 11.3. The van der Waals surface area contributed by atoms with Crippen molar-refractivity contribution in [1.82, 2.24) is 0 Å². The lowest BCUT2D eigenvalue weighted by Crippen LogP contribution is -2.12. The Morgan fingerprint density at radius 1 is 1.09 bits per heavy atom. The van der Waals surface area contributed by atoms with Crippen LogP contribution in [0, 0.1) is 10.5 Å². The SMILES string of the molecule is CCOC(=O)C1=C(O)/C(=C/c2ccc(OCc3ccc(C)cc3)c(I)c2)SC1=Nc1ccccc1. The van der Waals surface area contributed by atoms with Gasteiger partial charge in [-0.25, -0.2) is 9.79 Å². The summed E-state index contributed by atoms with van der Waals surface area (Å²) in [5.74, 6) is 0.0635. The number of esters is 1. The average molecular weight is 597 g/mol. The van der Waals surface area contributed by atoms with E-state index in [9.17, 15) is 9.90 Å². The van der Waals surface area contributed by atoms with Crippen LogP contribution in [0.3, 0.4) is 0 Å². The number of rotatable bonds is 7. The fourth-order valence-electron chi connectivity index (χ4n) is 3.33. The van der Waals surface area contributed by atoms with E-state index >= 15 is 0 Å². The molecule has 0 bridgehead atoms. The van der Waals surface area contributed by atoms with Gasteiger partial charge < -0.3 is 14.6 Å². The van der Waals surface area contributed by atoms with E-state index in [1.807, 2.05) is 54.6 Å². The van der Waals surface area contributed by atoms with Gasteiger partial charge in [-0.2, -0.15) is 0 Å². The van der Waals surface area contributed by atoms with E-state index in [1.54, 1.807) is 6.92 Å². The summed E-state index contributed by atoms with van der Waals surface area (Å²) in [5.41, 5.74) is 3.96. The van der Waals surface area contributed by atoms with Crippen LogP contribution in [0.2, 0.25) is 0 Å². The first-order valence-electron chi connectivity index (χ1n) is 11.1. The summed E-state index contributed by atoms with van der Waals surface area (Å²) < 4.78 is 12.1. The van der Waals surface area contributed by atoms with Crippen LogP contribution in [0.5, 0.6) is 5.75 Å². The van der Waals surface area contributed by atoms with Crippen molar-refractivity contribution in [1.29, 1.82) is 0 Å². The van der Waals surface area contributed by atoms with Gasteiger partial charge in [0.2, 0.25) is 0 Å². The number of hydrogen-bond donors (Lipinski definition) is 1. The summed E-state index contributed by atoms with van der Waals surface area (Å²) in [4.78, 5) is 17.7. The maximum Gasteiger partial charge on any atom is 0.344 e. The summed E-state index contributed by atoms with van der Waals surface area (Å²) in [7, 11) is 0. The number of aliphatic hydroxyl groups excluding tert-OH is 1. The van der Waals surface area contributed by atoms with Gasteiger partial charge in [0.15, 0.2) is 0 Å². The van der Waals surface area contributed by atoms with Crippen LogP contribution >= 0.6 is 34.4 Å². The van der Waals surface area contributed by atoms with Gasteiger partial charge in [0.1, 0.15) is 28.7 Å². The van der Waals surface area contributed by atoms with Crippen molar-refractivity contribution in [3.63, 3.8) is 0 Å². The zero-order chi connectivity index (χ0) is 24.8. The number of benzene rings is 3. The number of halogens is 1. The van der Waals surface area contributed by atoms with Crippen molar-refractivity contribution in [3.05, 3.63) is 109 Å². The first-order valence-corrected chi connectivity index (χ1v) is 13.0. The number of thioether (sulfide) groups is 1. The number of nitrogens with zero attached hydrogens (tertiary/aromatic N) is 1. The number of aryl methyl sites for hydroxylation is 1. The van der Waals surface area contributed by atoms with Gasteiger partial charge in [-0.05, 0) is 77.9 Å². The smallest absolute Gasteiger partial charge is 0.344 e. The molecule has 1 aliphatic heterocycles. The van der Waals surface area contributed by atoms with Crippen molar-refractivity contribution in [2.75, 3.05) is 6.61 Å². The summed E-state index contributed by atoms with van der Waals surface area (Å²) in [6, 6.07) is 23.4. The first-order chi connectivity index (χ1) is 16.9. The highest BCUT2D eigenvalue weighted by molar-refractivity contribution is 14.1. The largest absolute Gasteiger partial charge is 0.506 e. The molecule has 0 spiro atoms. The minimum absolute atomic E-state index is 0.0831. The van der Waals surface area contributed by atoms with Crippen molar-refractivity contribution >= 4 is 57.1 Å². The molecule has 0 aromatic heterocycles. The molecule has 7 heteroatoms. The molecule has 3 aromatic rings. The Bertz CT molecular complexity index is 1310. The van der Waals surface area contributed by atoms with Gasteiger partial charge in [0.25, 0.3) is 0 Å². The predicted octanol–water partition coefficient (Wildman–Crippen LogP) is 7.37. The minimum atomic E-state index is -0.593. The number of ether oxygens (including phenoxy) is 2. The molecule has 0 fully saturated rings. The molecule has 0 saturated carbocycles. The zero-order valence-corrected chi connectivity index (χ0v) is 22.3. The maximum atomic E-state index is 12.6. The lowest BCUT2D eigenvalue weighted by atomic mass is 10.1. The molecule has 0 radical (unpaired) electrons. The number of hydrogen-bond acceptors (Lipinski definition) is 6. The van der Waals surface area contributed by atoms with E-state index in [2.05, 4.69) is 58.8 Å². The Hall–Kier alpha value is -3.04. The quantitative estimate of drug-likeness (QED) is 0.228. The lowest BCUT2D eigenvalue weighted by Gasteiger charge is -2.09. The van der Waals surface area contributed by atoms with Crippen LogP contribution in [0.4, 0.5) is 5.69 Å². The summed E-state index contributed by atoms with van der Waals surface area (Å²) in [6.45, 7) is 4.48. The van der Waals surface area contributed by atoms with Crippen LogP contribution in [0.1, 0.15) is 23.6 Å². The molecule has 4 rings (SSSR count). The molecule has 0 unspecified atom stereocenters. The molecule has 1 aliphatic rings. The van der Waals surface area contributed by atoms with E-state index in [0.717, 1.165) is 20.4 Å². The number of aliphatic imine (C=N–C) groups is 1. The molecule has 1 N–H and O–H groups in total. The molecule has 0 amide bonds. The molecule has 1 heterocycles. The molecule has 35 heavy (non-hydrogen) atoms. The zero-order valence-electron chi connectivity index (χ0n) is 19.3. The fraction of sp³-hybridized carbons (Fsp3) is 0.143. The lowest BCUT2D eigenvalue weighted by molar-refractivity contribution is -0.138. The van der Waals surface area contributed by atoms with Crippen molar-refractivity contribution in [2.24, 2.45) is 4.99 Å². The highest BCUT2D eigenvalue weighted by atomic mass is 127. The van der Waals surface area contributed by atoms with E-state index in [1.165, 1.54) is 17.3 Å². The highest BCUT2D eigenvalue weighted by Crippen LogP contribution is 2.40. The number of aliphatic hydroxyl groups is 1. The van der Waals surface area contributed by atoms with Crippen LogP contribution in [-0.4, -0.2) is 22.7 Å². The predicted molar refractivity (Wildman–Crippen MR) is 150 cm³/mol. The number of carbonyl (C=O) groups is 1. The third kappa shape index (κ3) is 6.35. The van der Waals surface area contributed by atoms with Gasteiger partial charge in [-0.3, -0.25) is 0 Å². The third-order valence-electron chi connectivity index (χ3n) is 5.13. The average Bonchev–Trinajstić information content (AvgIpc) is 3.14. The van der Waals surface area contributed by atoms with E-state index in [0.29, 0.717) is 22.2 Å². The Kier molecular flexibility index (Phi) is 8.30. The standard InChI is InChI=1S/C28H24INO4S/c1-3-33-28(32)25-26(31)24(35-27(25)30-21-7-5-4-6-8-21)16-20-13-14-23(22(29)15-20)34-17-19-11-9-18(2)10-12-19/h4-16,31H,3,17H2,1-2H3/b24-16-,30-27?. The molecule has 0 saturated heterocycles. The van der Waals surface area contributed by atoms with Crippen LogP contribution < -0.4 is 4.74 Å². The third-order valence-corrected chi connectivity index (χ3v) is 6.99. The minimum Gasteiger partial charge on any atom is -0.506 e.